The van der Waals surface area contributed by atoms with Crippen LogP contribution in [0.1, 0.15) is 58.6 Å². The first-order chi connectivity index (χ1) is 9.84. The van der Waals surface area contributed by atoms with Crippen LogP contribution in [0.5, 0.6) is 0 Å². The van der Waals surface area contributed by atoms with E-state index in [1.165, 1.54) is 43.5 Å². The van der Waals surface area contributed by atoms with Gasteiger partial charge in [0.25, 0.3) is 0 Å². The van der Waals surface area contributed by atoms with Crippen molar-refractivity contribution in [1.29, 1.82) is 0 Å². The number of hydrogen-bond donors (Lipinski definition) is 0. The molecule has 1 saturated heterocycles. The van der Waals surface area contributed by atoms with Gasteiger partial charge in [-0.1, -0.05) is 58.9 Å². The van der Waals surface area contributed by atoms with Crippen molar-refractivity contribution in [2.24, 2.45) is 17.3 Å². The molecule has 0 saturated carbocycles. The summed E-state index contributed by atoms with van der Waals surface area (Å²) in [6.07, 6.45) is 3.90. The SMILES string of the molecule is CC(C)Cc1ccc(CN2CCC(C(C)(C)C)CC2)cc1. The van der Waals surface area contributed by atoms with Gasteiger partial charge < -0.3 is 0 Å². The Hall–Kier alpha value is -0.820. The molecule has 2 rings (SSSR count). The summed E-state index contributed by atoms with van der Waals surface area (Å²) >= 11 is 0. The molecule has 1 aliphatic rings. The average molecular weight is 287 g/mol. The molecule has 118 valence electrons. The van der Waals surface area contributed by atoms with Crippen molar-refractivity contribution in [1.82, 2.24) is 4.90 Å². The molecule has 0 N–H and O–H groups in total. The maximum absolute atomic E-state index is 2.62. The van der Waals surface area contributed by atoms with Gasteiger partial charge in [-0.2, -0.15) is 0 Å². The molecular weight excluding hydrogens is 254 g/mol. The summed E-state index contributed by atoms with van der Waals surface area (Å²) in [7, 11) is 0. The summed E-state index contributed by atoms with van der Waals surface area (Å²) in [6, 6.07) is 9.29. The number of hydrogen-bond acceptors (Lipinski definition) is 1. The molecule has 0 atom stereocenters. The van der Waals surface area contributed by atoms with E-state index < -0.39 is 0 Å². The third-order valence-corrected chi connectivity index (χ3v) is 4.89. The zero-order valence-corrected chi connectivity index (χ0v) is 14.7. The normalized spacial score (nSPS) is 18.4. The molecular formula is C20H33N. The van der Waals surface area contributed by atoms with Crippen LogP contribution in [0.15, 0.2) is 24.3 Å². The van der Waals surface area contributed by atoms with Crippen molar-refractivity contribution in [3.05, 3.63) is 35.4 Å². The van der Waals surface area contributed by atoms with Crippen molar-refractivity contribution >= 4 is 0 Å². The Bertz CT molecular complexity index is 416. The molecule has 1 fully saturated rings. The predicted octanol–water partition coefficient (Wildman–Crippen LogP) is 5.14. The lowest BCUT2D eigenvalue weighted by Crippen LogP contribution is -2.37. The molecule has 0 unspecified atom stereocenters. The second-order valence-electron chi connectivity index (χ2n) is 8.33. The zero-order valence-electron chi connectivity index (χ0n) is 14.7. The summed E-state index contributed by atoms with van der Waals surface area (Å²) in [6.45, 7) is 15.4. The van der Waals surface area contributed by atoms with E-state index in [0.29, 0.717) is 5.41 Å². The lowest BCUT2D eigenvalue weighted by atomic mass is 9.75. The van der Waals surface area contributed by atoms with Gasteiger partial charge in [0, 0.05) is 6.54 Å². The van der Waals surface area contributed by atoms with Crippen LogP contribution in [0.25, 0.3) is 0 Å². The van der Waals surface area contributed by atoms with Crippen LogP contribution in [0.2, 0.25) is 0 Å². The second kappa shape index (κ2) is 6.96. The van der Waals surface area contributed by atoms with E-state index in [2.05, 4.69) is 63.8 Å². The average Bonchev–Trinajstić information content (AvgIpc) is 2.40. The van der Waals surface area contributed by atoms with Crippen molar-refractivity contribution in [3.63, 3.8) is 0 Å². The minimum atomic E-state index is 0.477. The van der Waals surface area contributed by atoms with Gasteiger partial charge in [-0.05, 0) is 60.7 Å². The first-order valence-electron chi connectivity index (χ1n) is 8.65. The Morgan fingerprint density at radius 3 is 2.00 bits per heavy atom. The van der Waals surface area contributed by atoms with Crippen LogP contribution >= 0.6 is 0 Å². The van der Waals surface area contributed by atoms with Gasteiger partial charge in [-0.25, -0.2) is 0 Å². The highest BCUT2D eigenvalue weighted by atomic mass is 15.1. The molecule has 21 heavy (non-hydrogen) atoms. The highest BCUT2D eigenvalue weighted by Gasteiger charge is 2.28. The van der Waals surface area contributed by atoms with E-state index in [1.54, 1.807) is 0 Å². The van der Waals surface area contributed by atoms with E-state index in [4.69, 9.17) is 0 Å². The molecule has 0 bridgehead atoms. The van der Waals surface area contributed by atoms with Gasteiger partial charge in [-0.15, -0.1) is 0 Å². The van der Waals surface area contributed by atoms with Crippen LogP contribution in [0, 0.1) is 17.3 Å². The van der Waals surface area contributed by atoms with E-state index in [1.807, 2.05) is 0 Å². The smallest absolute Gasteiger partial charge is 0.0233 e. The van der Waals surface area contributed by atoms with E-state index in [-0.39, 0.29) is 0 Å². The Balaban J connectivity index is 1.83. The van der Waals surface area contributed by atoms with E-state index in [0.717, 1.165) is 18.4 Å². The Kier molecular flexibility index (Phi) is 5.48. The van der Waals surface area contributed by atoms with Gasteiger partial charge in [0.05, 0.1) is 0 Å². The van der Waals surface area contributed by atoms with E-state index in [9.17, 15) is 0 Å². The number of benzene rings is 1. The monoisotopic (exact) mass is 287 g/mol. The summed E-state index contributed by atoms with van der Waals surface area (Å²) in [4.78, 5) is 2.62. The molecule has 1 heterocycles. The standard InChI is InChI=1S/C20H33N/c1-16(2)14-17-6-8-18(9-7-17)15-21-12-10-19(11-13-21)20(3,4)5/h6-9,16,19H,10-15H2,1-5H3. The third kappa shape index (κ3) is 5.14. The summed E-state index contributed by atoms with van der Waals surface area (Å²) < 4.78 is 0. The lowest BCUT2D eigenvalue weighted by Gasteiger charge is -2.38. The molecule has 0 spiro atoms. The highest BCUT2D eigenvalue weighted by molar-refractivity contribution is 5.22. The molecule has 0 amide bonds. The van der Waals surface area contributed by atoms with Crippen LogP contribution < -0.4 is 0 Å². The molecule has 0 aromatic heterocycles. The van der Waals surface area contributed by atoms with Crippen molar-refractivity contribution in [2.75, 3.05) is 13.1 Å². The van der Waals surface area contributed by atoms with Gasteiger partial charge in [-0.3, -0.25) is 4.90 Å². The highest BCUT2D eigenvalue weighted by Crippen LogP contribution is 2.34. The number of rotatable bonds is 4. The number of nitrogens with zero attached hydrogens (tertiary/aromatic N) is 1. The molecule has 1 heteroatoms. The van der Waals surface area contributed by atoms with Crippen LogP contribution in [-0.2, 0) is 13.0 Å². The molecule has 1 aromatic rings. The zero-order chi connectivity index (χ0) is 15.5. The Morgan fingerprint density at radius 1 is 1.00 bits per heavy atom. The van der Waals surface area contributed by atoms with Gasteiger partial charge in [0.2, 0.25) is 0 Å². The van der Waals surface area contributed by atoms with Gasteiger partial charge >= 0.3 is 0 Å². The van der Waals surface area contributed by atoms with Crippen molar-refractivity contribution < 1.29 is 0 Å². The molecule has 1 aliphatic heterocycles. The maximum Gasteiger partial charge on any atom is 0.0233 e. The Labute approximate surface area is 131 Å². The fourth-order valence-electron chi connectivity index (χ4n) is 3.47. The van der Waals surface area contributed by atoms with Gasteiger partial charge in [0.15, 0.2) is 0 Å². The van der Waals surface area contributed by atoms with E-state index >= 15 is 0 Å². The largest absolute Gasteiger partial charge is 0.299 e. The minimum Gasteiger partial charge on any atom is -0.299 e. The van der Waals surface area contributed by atoms with Crippen molar-refractivity contribution in [2.45, 2.75) is 60.4 Å². The first kappa shape index (κ1) is 16.5. The Morgan fingerprint density at radius 2 is 1.52 bits per heavy atom. The predicted molar refractivity (Wildman–Crippen MR) is 92.4 cm³/mol. The fraction of sp³-hybridized carbons (Fsp3) is 0.700. The number of likely N-dealkylation sites (tertiary alicyclic amines) is 1. The molecule has 1 nitrogen and oxygen atoms in total. The van der Waals surface area contributed by atoms with Crippen LogP contribution in [0.3, 0.4) is 0 Å². The molecule has 1 aromatic carbocycles. The summed E-state index contributed by atoms with van der Waals surface area (Å²) in [5.41, 5.74) is 3.42. The first-order valence-corrected chi connectivity index (χ1v) is 8.65. The molecule has 0 aliphatic carbocycles. The van der Waals surface area contributed by atoms with Crippen LogP contribution in [-0.4, -0.2) is 18.0 Å². The van der Waals surface area contributed by atoms with Gasteiger partial charge in [0.1, 0.15) is 0 Å². The number of piperidine rings is 1. The second-order valence-corrected chi connectivity index (χ2v) is 8.33. The molecule has 0 radical (unpaired) electrons. The maximum atomic E-state index is 2.62. The summed E-state index contributed by atoms with van der Waals surface area (Å²) in [5, 5.41) is 0. The minimum absolute atomic E-state index is 0.477. The quantitative estimate of drug-likeness (QED) is 0.741. The van der Waals surface area contributed by atoms with Crippen molar-refractivity contribution in [3.8, 4) is 0 Å². The lowest BCUT2D eigenvalue weighted by molar-refractivity contribution is 0.108. The fourth-order valence-corrected chi connectivity index (χ4v) is 3.47. The summed E-state index contributed by atoms with van der Waals surface area (Å²) in [5.74, 6) is 1.63. The topological polar surface area (TPSA) is 3.24 Å². The third-order valence-electron chi connectivity index (χ3n) is 4.89. The van der Waals surface area contributed by atoms with Crippen LogP contribution in [0.4, 0.5) is 0 Å².